The molecule has 0 bridgehead atoms. The summed E-state index contributed by atoms with van der Waals surface area (Å²) in [6, 6.07) is 7.28. The van der Waals surface area contributed by atoms with Crippen LogP contribution in [0.2, 0.25) is 0 Å². The highest BCUT2D eigenvalue weighted by Crippen LogP contribution is 2.16. The van der Waals surface area contributed by atoms with Gasteiger partial charge in [0.2, 0.25) is 10.0 Å². The van der Waals surface area contributed by atoms with Gasteiger partial charge in [0.25, 0.3) is 5.91 Å². The zero-order valence-electron chi connectivity index (χ0n) is 12.4. The van der Waals surface area contributed by atoms with Crippen LogP contribution in [0.4, 0.5) is 0 Å². The van der Waals surface area contributed by atoms with Crippen molar-refractivity contribution in [1.82, 2.24) is 9.21 Å². The topological polar surface area (TPSA) is 57.7 Å². The van der Waals surface area contributed by atoms with E-state index in [9.17, 15) is 13.2 Å². The Morgan fingerprint density at radius 1 is 1.05 bits per heavy atom. The summed E-state index contributed by atoms with van der Waals surface area (Å²) in [5, 5.41) is 0. The smallest absolute Gasteiger partial charge is 0.253 e. The Hall–Kier alpha value is -1.66. The summed E-state index contributed by atoms with van der Waals surface area (Å²) < 4.78 is 25.4. The Balaban J connectivity index is 1.69. The van der Waals surface area contributed by atoms with Gasteiger partial charge in [0.1, 0.15) is 0 Å². The molecule has 3 rings (SSSR count). The SMILES string of the molecule is O=C(c1ccc(CN2CC=CCS2(=O)=O)cc1)N1CCCC1. The molecule has 0 aromatic heterocycles. The first-order chi connectivity index (χ1) is 10.6. The Morgan fingerprint density at radius 2 is 1.73 bits per heavy atom. The highest BCUT2D eigenvalue weighted by Gasteiger charge is 2.23. The molecule has 0 spiro atoms. The average Bonchev–Trinajstić information content (AvgIpc) is 3.04. The van der Waals surface area contributed by atoms with Crippen LogP contribution in [0.5, 0.6) is 0 Å². The molecule has 0 atom stereocenters. The van der Waals surface area contributed by atoms with Crippen LogP contribution in [-0.4, -0.2) is 48.9 Å². The fraction of sp³-hybridized carbons (Fsp3) is 0.438. The first-order valence-corrected chi connectivity index (χ1v) is 9.18. The second-order valence-electron chi connectivity index (χ2n) is 5.74. The summed E-state index contributed by atoms with van der Waals surface area (Å²) >= 11 is 0. The van der Waals surface area contributed by atoms with Crippen LogP contribution in [0, 0.1) is 0 Å². The first kappa shape index (κ1) is 15.2. The summed E-state index contributed by atoms with van der Waals surface area (Å²) in [7, 11) is -3.19. The van der Waals surface area contributed by atoms with Gasteiger partial charge in [-0.15, -0.1) is 0 Å². The largest absolute Gasteiger partial charge is 0.339 e. The average molecular weight is 320 g/mol. The van der Waals surface area contributed by atoms with Gasteiger partial charge in [-0.3, -0.25) is 4.79 Å². The number of hydrogen-bond donors (Lipinski definition) is 0. The van der Waals surface area contributed by atoms with Crippen molar-refractivity contribution in [1.29, 1.82) is 0 Å². The molecule has 0 radical (unpaired) electrons. The number of sulfonamides is 1. The number of nitrogens with zero attached hydrogens (tertiary/aromatic N) is 2. The fourth-order valence-electron chi connectivity index (χ4n) is 2.82. The van der Waals surface area contributed by atoms with Crippen LogP contribution in [0.25, 0.3) is 0 Å². The predicted molar refractivity (Wildman–Crippen MR) is 84.9 cm³/mol. The molecule has 1 saturated heterocycles. The van der Waals surface area contributed by atoms with Gasteiger partial charge in [-0.1, -0.05) is 24.3 Å². The van der Waals surface area contributed by atoms with Crippen LogP contribution >= 0.6 is 0 Å². The van der Waals surface area contributed by atoms with Crippen LogP contribution in [0.1, 0.15) is 28.8 Å². The summed E-state index contributed by atoms with van der Waals surface area (Å²) in [6.45, 7) is 2.43. The number of rotatable bonds is 3. The van der Waals surface area contributed by atoms with Crippen molar-refractivity contribution in [3.8, 4) is 0 Å². The van der Waals surface area contributed by atoms with E-state index in [0.29, 0.717) is 18.7 Å². The molecule has 6 heteroatoms. The minimum atomic E-state index is -3.19. The van der Waals surface area contributed by atoms with Crippen molar-refractivity contribution < 1.29 is 13.2 Å². The van der Waals surface area contributed by atoms with Crippen molar-refractivity contribution in [2.45, 2.75) is 19.4 Å². The second-order valence-corrected chi connectivity index (χ2v) is 7.75. The lowest BCUT2D eigenvalue weighted by Crippen LogP contribution is -2.34. The molecule has 118 valence electrons. The van der Waals surface area contributed by atoms with Gasteiger partial charge in [0.05, 0.1) is 5.75 Å². The van der Waals surface area contributed by atoms with Crippen molar-refractivity contribution in [3.05, 3.63) is 47.5 Å². The Morgan fingerprint density at radius 3 is 2.36 bits per heavy atom. The molecule has 2 aliphatic rings. The van der Waals surface area contributed by atoms with Gasteiger partial charge < -0.3 is 4.90 Å². The maximum absolute atomic E-state index is 12.3. The van der Waals surface area contributed by atoms with Crippen molar-refractivity contribution in [2.75, 3.05) is 25.4 Å². The third kappa shape index (κ3) is 3.23. The molecule has 1 amide bonds. The second kappa shape index (κ2) is 6.22. The van der Waals surface area contributed by atoms with E-state index in [1.165, 1.54) is 4.31 Å². The quantitative estimate of drug-likeness (QED) is 0.795. The van der Waals surface area contributed by atoms with Gasteiger partial charge in [-0.05, 0) is 30.5 Å². The summed E-state index contributed by atoms with van der Waals surface area (Å²) in [5.41, 5.74) is 1.57. The molecule has 0 unspecified atom stereocenters. The number of carbonyl (C=O) groups is 1. The molecule has 1 aromatic carbocycles. The predicted octanol–water partition coefficient (Wildman–Crippen LogP) is 1.62. The summed E-state index contributed by atoms with van der Waals surface area (Å²) in [6.07, 6.45) is 5.70. The molecule has 0 aliphatic carbocycles. The van der Waals surface area contributed by atoms with Crippen LogP contribution in [0.15, 0.2) is 36.4 Å². The molecule has 1 aromatic rings. The number of carbonyl (C=O) groups excluding carboxylic acids is 1. The molecule has 5 nitrogen and oxygen atoms in total. The van der Waals surface area contributed by atoms with Crippen molar-refractivity contribution in [2.24, 2.45) is 0 Å². The lowest BCUT2D eigenvalue weighted by Gasteiger charge is -2.23. The lowest BCUT2D eigenvalue weighted by molar-refractivity contribution is 0.0793. The molecule has 1 fully saturated rings. The van der Waals surface area contributed by atoms with Gasteiger partial charge >= 0.3 is 0 Å². The summed E-state index contributed by atoms with van der Waals surface area (Å²) in [4.78, 5) is 14.1. The van der Waals surface area contributed by atoms with Crippen LogP contribution in [-0.2, 0) is 16.6 Å². The maximum atomic E-state index is 12.3. The number of likely N-dealkylation sites (tertiary alicyclic amines) is 1. The number of hydrogen-bond acceptors (Lipinski definition) is 3. The van der Waals surface area contributed by atoms with Gasteiger partial charge in [0, 0.05) is 31.7 Å². The lowest BCUT2D eigenvalue weighted by atomic mass is 10.1. The van der Waals surface area contributed by atoms with E-state index >= 15 is 0 Å². The fourth-order valence-corrected chi connectivity index (χ4v) is 4.07. The highest BCUT2D eigenvalue weighted by atomic mass is 32.2. The van der Waals surface area contributed by atoms with E-state index in [-0.39, 0.29) is 11.7 Å². The standard InChI is InChI=1S/C16H20N2O3S/c19-16(17-9-1-2-10-17)15-7-5-14(6-8-15)13-18-11-3-4-12-22(18,20)21/h3-8H,1-2,9-13H2. The third-order valence-corrected chi connectivity index (χ3v) is 5.81. The van der Waals surface area contributed by atoms with Gasteiger partial charge in [0.15, 0.2) is 0 Å². The minimum absolute atomic E-state index is 0.0672. The zero-order valence-corrected chi connectivity index (χ0v) is 13.3. The van der Waals surface area contributed by atoms with E-state index in [4.69, 9.17) is 0 Å². The van der Waals surface area contributed by atoms with E-state index < -0.39 is 10.0 Å². The van der Waals surface area contributed by atoms with E-state index in [2.05, 4.69) is 0 Å². The number of benzene rings is 1. The Kier molecular flexibility index (Phi) is 4.31. The third-order valence-electron chi connectivity index (χ3n) is 4.13. The molecular weight excluding hydrogens is 300 g/mol. The van der Waals surface area contributed by atoms with Crippen LogP contribution in [0.3, 0.4) is 0 Å². The van der Waals surface area contributed by atoms with E-state index in [1.807, 2.05) is 23.1 Å². The molecule has 0 saturated carbocycles. The monoisotopic (exact) mass is 320 g/mol. The Labute approximate surface area is 131 Å². The molecule has 2 aliphatic heterocycles. The molecule has 2 heterocycles. The molecular formula is C16H20N2O3S. The van der Waals surface area contributed by atoms with Crippen molar-refractivity contribution >= 4 is 15.9 Å². The van der Waals surface area contributed by atoms with Gasteiger partial charge in [-0.25, -0.2) is 8.42 Å². The zero-order chi connectivity index (χ0) is 15.6. The highest BCUT2D eigenvalue weighted by molar-refractivity contribution is 7.89. The van der Waals surface area contributed by atoms with E-state index in [1.54, 1.807) is 18.2 Å². The normalized spacial score (nSPS) is 21.2. The maximum Gasteiger partial charge on any atom is 0.253 e. The van der Waals surface area contributed by atoms with E-state index in [0.717, 1.165) is 31.5 Å². The summed E-state index contributed by atoms with van der Waals surface area (Å²) in [5.74, 6) is 0.135. The minimum Gasteiger partial charge on any atom is -0.339 e. The van der Waals surface area contributed by atoms with Gasteiger partial charge in [-0.2, -0.15) is 4.31 Å². The first-order valence-electron chi connectivity index (χ1n) is 7.57. The van der Waals surface area contributed by atoms with Crippen LogP contribution < -0.4 is 0 Å². The Bertz CT molecular complexity index is 674. The molecule has 0 N–H and O–H groups in total. The van der Waals surface area contributed by atoms with Crippen molar-refractivity contribution in [3.63, 3.8) is 0 Å². The molecule has 22 heavy (non-hydrogen) atoms. The number of amides is 1.